The Kier molecular flexibility index (Phi) is 4.73. The molecule has 7 heteroatoms. The van der Waals surface area contributed by atoms with Crippen molar-refractivity contribution in [3.05, 3.63) is 54.0 Å². The highest BCUT2D eigenvalue weighted by atomic mass is 16.5. The summed E-state index contributed by atoms with van der Waals surface area (Å²) in [7, 11) is 1.52. The fraction of sp³-hybridized carbons (Fsp3) is 0.368. The second-order valence-corrected chi connectivity index (χ2v) is 6.68. The summed E-state index contributed by atoms with van der Waals surface area (Å²) in [5.74, 6) is -0.101. The van der Waals surface area contributed by atoms with E-state index in [2.05, 4.69) is 44.6 Å². The third-order valence-electron chi connectivity index (χ3n) is 4.84. The van der Waals surface area contributed by atoms with Gasteiger partial charge >= 0.3 is 0 Å². The Labute approximate surface area is 151 Å². The number of hydrogen-bond acceptors (Lipinski definition) is 4. The molecule has 7 nitrogen and oxygen atoms in total. The number of ether oxygens (including phenoxy) is 1. The van der Waals surface area contributed by atoms with Gasteiger partial charge < -0.3 is 15.0 Å². The number of aromatic amines is 1. The molecule has 1 aliphatic heterocycles. The Morgan fingerprint density at radius 3 is 3.19 bits per heavy atom. The first-order chi connectivity index (χ1) is 12.7. The Bertz CT molecular complexity index is 900. The van der Waals surface area contributed by atoms with Gasteiger partial charge in [-0.05, 0) is 23.8 Å². The number of carbonyl (C=O) groups excluding carboxylic acids is 1. The van der Waals surface area contributed by atoms with E-state index in [0.717, 1.165) is 25.2 Å². The summed E-state index contributed by atoms with van der Waals surface area (Å²) in [5.41, 5.74) is 3.63. The zero-order chi connectivity index (χ0) is 17.9. The molecule has 26 heavy (non-hydrogen) atoms. The van der Waals surface area contributed by atoms with Gasteiger partial charge in [0.05, 0.1) is 11.7 Å². The first kappa shape index (κ1) is 16.8. The first-order valence-electron chi connectivity index (χ1n) is 8.80. The summed E-state index contributed by atoms with van der Waals surface area (Å²) in [6, 6.07) is 10.6. The predicted molar refractivity (Wildman–Crippen MR) is 98.6 cm³/mol. The lowest BCUT2D eigenvalue weighted by Crippen LogP contribution is -2.43. The molecule has 3 aromatic rings. The van der Waals surface area contributed by atoms with E-state index in [1.807, 2.05) is 23.1 Å². The monoisotopic (exact) mass is 353 g/mol. The van der Waals surface area contributed by atoms with Gasteiger partial charge in [0, 0.05) is 56.6 Å². The maximum Gasteiger partial charge on any atom is 0.246 e. The predicted octanol–water partition coefficient (Wildman–Crippen LogP) is 1.68. The molecule has 2 aromatic heterocycles. The highest BCUT2D eigenvalue weighted by molar-refractivity contribution is 5.82. The second-order valence-electron chi connectivity index (χ2n) is 6.68. The van der Waals surface area contributed by atoms with Crippen LogP contribution >= 0.6 is 0 Å². The molecule has 1 unspecified atom stereocenters. The molecule has 2 N–H and O–H groups in total. The van der Waals surface area contributed by atoms with Crippen LogP contribution in [0.3, 0.4) is 0 Å². The van der Waals surface area contributed by atoms with Crippen molar-refractivity contribution in [2.75, 3.05) is 26.8 Å². The second kappa shape index (κ2) is 7.31. The Hall–Kier alpha value is -2.64. The van der Waals surface area contributed by atoms with Crippen LogP contribution in [0.5, 0.6) is 0 Å². The molecular formula is C19H23N5O2. The normalized spacial score (nSPS) is 17.3. The standard InChI is InChI=1S/C19H23N5O2/c1-26-13-19(25)21-9-16-12-23(11-15-5-8-22-24(15)16)10-14-3-2-4-18-17(14)6-7-20-18/h2-8,16,20H,9-13H2,1H3,(H,21,25). The average molecular weight is 353 g/mol. The van der Waals surface area contributed by atoms with Gasteiger partial charge in [0.25, 0.3) is 0 Å². The number of rotatable bonds is 6. The third kappa shape index (κ3) is 3.36. The van der Waals surface area contributed by atoms with Crippen LogP contribution in [-0.4, -0.2) is 52.4 Å². The van der Waals surface area contributed by atoms with Gasteiger partial charge in [-0.3, -0.25) is 14.4 Å². The van der Waals surface area contributed by atoms with Gasteiger partial charge in [-0.2, -0.15) is 5.10 Å². The molecule has 136 valence electrons. The molecule has 0 bridgehead atoms. The minimum Gasteiger partial charge on any atom is -0.375 e. The number of hydrogen-bond donors (Lipinski definition) is 2. The number of H-pyrrole nitrogens is 1. The van der Waals surface area contributed by atoms with Crippen molar-refractivity contribution in [3.63, 3.8) is 0 Å². The smallest absolute Gasteiger partial charge is 0.246 e. The van der Waals surface area contributed by atoms with Gasteiger partial charge in [-0.25, -0.2) is 0 Å². The van der Waals surface area contributed by atoms with Crippen molar-refractivity contribution in [1.82, 2.24) is 25.0 Å². The van der Waals surface area contributed by atoms with Crippen LogP contribution in [0, 0.1) is 0 Å². The third-order valence-corrected chi connectivity index (χ3v) is 4.84. The molecule has 0 saturated heterocycles. The Morgan fingerprint density at radius 2 is 2.31 bits per heavy atom. The summed E-state index contributed by atoms with van der Waals surface area (Å²) in [6.45, 7) is 3.18. The van der Waals surface area contributed by atoms with Crippen molar-refractivity contribution in [2.45, 2.75) is 19.1 Å². The minimum absolute atomic E-state index is 0.0812. The number of amides is 1. The first-order valence-corrected chi connectivity index (χ1v) is 8.80. The van der Waals surface area contributed by atoms with Crippen molar-refractivity contribution in [3.8, 4) is 0 Å². The lowest BCUT2D eigenvalue weighted by molar-refractivity contribution is -0.124. The fourth-order valence-electron chi connectivity index (χ4n) is 3.68. The number of methoxy groups -OCH3 is 1. The fourth-order valence-corrected chi connectivity index (χ4v) is 3.68. The molecule has 1 amide bonds. The van der Waals surface area contributed by atoms with Crippen molar-refractivity contribution < 1.29 is 9.53 Å². The largest absolute Gasteiger partial charge is 0.375 e. The van der Waals surface area contributed by atoms with Gasteiger partial charge in [0.15, 0.2) is 0 Å². The van der Waals surface area contributed by atoms with Crippen LogP contribution in [0.15, 0.2) is 42.7 Å². The average Bonchev–Trinajstić information content (AvgIpc) is 3.29. The molecule has 0 aliphatic carbocycles. The zero-order valence-electron chi connectivity index (χ0n) is 14.8. The zero-order valence-corrected chi connectivity index (χ0v) is 14.8. The number of carbonyl (C=O) groups is 1. The van der Waals surface area contributed by atoms with Crippen LogP contribution in [0.2, 0.25) is 0 Å². The SMILES string of the molecule is COCC(=O)NCC1CN(Cc2cccc3[nH]ccc23)Cc2ccnn21. The summed E-state index contributed by atoms with van der Waals surface area (Å²) in [6.07, 6.45) is 3.81. The van der Waals surface area contributed by atoms with E-state index in [1.54, 1.807) is 0 Å². The van der Waals surface area contributed by atoms with E-state index >= 15 is 0 Å². The molecule has 0 radical (unpaired) electrons. The molecule has 1 aliphatic rings. The number of benzene rings is 1. The van der Waals surface area contributed by atoms with Crippen LogP contribution in [0.1, 0.15) is 17.3 Å². The number of fused-ring (bicyclic) bond motifs is 2. The molecule has 0 saturated carbocycles. The van der Waals surface area contributed by atoms with Gasteiger partial charge in [0.1, 0.15) is 6.61 Å². The van der Waals surface area contributed by atoms with E-state index in [4.69, 9.17) is 4.74 Å². The highest BCUT2D eigenvalue weighted by Gasteiger charge is 2.26. The van der Waals surface area contributed by atoms with E-state index in [1.165, 1.54) is 23.8 Å². The molecule has 1 atom stereocenters. The quantitative estimate of drug-likeness (QED) is 0.707. The number of aromatic nitrogens is 3. The topological polar surface area (TPSA) is 75.2 Å². The number of nitrogens with zero attached hydrogens (tertiary/aromatic N) is 3. The van der Waals surface area contributed by atoms with Crippen LogP contribution < -0.4 is 5.32 Å². The van der Waals surface area contributed by atoms with Crippen LogP contribution in [-0.2, 0) is 22.6 Å². The maximum absolute atomic E-state index is 11.7. The molecule has 1 aromatic carbocycles. The van der Waals surface area contributed by atoms with Crippen LogP contribution in [0.4, 0.5) is 0 Å². The number of nitrogens with one attached hydrogen (secondary N) is 2. The summed E-state index contributed by atoms with van der Waals surface area (Å²) in [4.78, 5) is 17.4. The van der Waals surface area contributed by atoms with Gasteiger partial charge in [-0.15, -0.1) is 0 Å². The van der Waals surface area contributed by atoms with Crippen molar-refractivity contribution in [1.29, 1.82) is 0 Å². The molecular weight excluding hydrogens is 330 g/mol. The lowest BCUT2D eigenvalue weighted by atomic mass is 10.1. The molecule has 0 fully saturated rings. The Morgan fingerprint density at radius 1 is 1.38 bits per heavy atom. The molecule has 3 heterocycles. The highest BCUT2D eigenvalue weighted by Crippen LogP contribution is 2.24. The van der Waals surface area contributed by atoms with Crippen molar-refractivity contribution >= 4 is 16.8 Å². The van der Waals surface area contributed by atoms with Crippen molar-refractivity contribution in [2.24, 2.45) is 0 Å². The Balaban J connectivity index is 1.50. The van der Waals surface area contributed by atoms with Gasteiger partial charge in [-0.1, -0.05) is 12.1 Å². The van der Waals surface area contributed by atoms with E-state index in [9.17, 15) is 4.79 Å². The summed E-state index contributed by atoms with van der Waals surface area (Å²) in [5, 5.41) is 8.65. The minimum atomic E-state index is -0.101. The van der Waals surface area contributed by atoms with E-state index in [-0.39, 0.29) is 18.6 Å². The molecule has 0 spiro atoms. The van der Waals surface area contributed by atoms with E-state index in [0.29, 0.717) is 6.54 Å². The maximum atomic E-state index is 11.7. The van der Waals surface area contributed by atoms with Crippen LogP contribution in [0.25, 0.3) is 10.9 Å². The van der Waals surface area contributed by atoms with Gasteiger partial charge in [0.2, 0.25) is 5.91 Å². The lowest BCUT2D eigenvalue weighted by Gasteiger charge is -2.34. The summed E-state index contributed by atoms with van der Waals surface area (Å²) >= 11 is 0. The molecule has 4 rings (SSSR count). The van der Waals surface area contributed by atoms with E-state index < -0.39 is 0 Å². The summed E-state index contributed by atoms with van der Waals surface area (Å²) < 4.78 is 6.91.